The number of nitrogens with one attached hydrogen (secondary N) is 1. The van der Waals surface area contributed by atoms with Crippen LogP contribution in [0.4, 0.5) is 0 Å². The Kier molecular flexibility index (Phi) is 5.13. The predicted molar refractivity (Wildman–Crippen MR) is 98.0 cm³/mol. The van der Waals surface area contributed by atoms with E-state index >= 15 is 0 Å². The Balaban J connectivity index is 1.67. The van der Waals surface area contributed by atoms with Crippen molar-refractivity contribution in [1.29, 1.82) is 0 Å². The number of likely N-dealkylation sites (tertiary alicyclic amines) is 2. The van der Waals surface area contributed by atoms with Crippen molar-refractivity contribution >= 4 is 11.8 Å². The molecule has 2 heterocycles. The van der Waals surface area contributed by atoms with Gasteiger partial charge >= 0.3 is 0 Å². The van der Waals surface area contributed by atoms with Crippen LogP contribution in [0.15, 0.2) is 30.3 Å². The van der Waals surface area contributed by atoms with Gasteiger partial charge in [0.25, 0.3) is 0 Å². The lowest BCUT2D eigenvalue weighted by atomic mass is 9.62. The molecular weight excluding hydrogens is 314 g/mol. The van der Waals surface area contributed by atoms with Gasteiger partial charge in [0.15, 0.2) is 0 Å². The van der Waals surface area contributed by atoms with Crippen LogP contribution in [-0.4, -0.2) is 53.8 Å². The van der Waals surface area contributed by atoms with Crippen LogP contribution >= 0.6 is 0 Å². The number of rotatable bonds is 4. The first-order valence-corrected chi connectivity index (χ1v) is 9.26. The molecule has 0 bridgehead atoms. The Morgan fingerprint density at radius 1 is 1.20 bits per heavy atom. The van der Waals surface area contributed by atoms with Crippen molar-refractivity contribution in [2.45, 2.75) is 45.7 Å². The van der Waals surface area contributed by atoms with Gasteiger partial charge in [-0.05, 0) is 32.3 Å². The lowest BCUT2D eigenvalue weighted by Crippen LogP contribution is -2.64. The normalized spacial score (nSPS) is 22.7. The Morgan fingerprint density at radius 2 is 1.84 bits per heavy atom. The minimum absolute atomic E-state index is 0.0290. The second-order valence-electron chi connectivity index (χ2n) is 7.73. The first-order valence-electron chi connectivity index (χ1n) is 9.26. The molecule has 2 amide bonds. The van der Waals surface area contributed by atoms with E-state index in [0.29, 0.717) is 12.1 Å². The van der Waals surface area contributed by atoms with Crippen molar-refractivity contribution in [2.24, 2.45) is 5.41 Å². The van der Waals surface area contributed by atoms with Gasteiger partial charge in [0.1, 0.15) is 0 Å². The summed E-state index contributed by atoms with van der Waals surface area (Å²) in [6.07, 6.45) is 2.06. The Labute approximate surface area is 150 Å². The summed E-state index contributed by atoms with van der Waals surface area (Å²) in [5, 5.41) is 2.61. The van der Waals surface area contributed by atoms with E-state index in [9.17, 15) is 9.59 Å². The molecule has 2 aliphatic heterocycles. The lowest BCUT2D eigenvalue weighted by molar-refractivity contribution is -0.147. The number of carbonyl (C=O) groups is 2. The largest absolute Gasteiger partial charge is 0.347 e. The van der Waals surface area contributed by atoms with Gasteiger partial charge in [-0.15, -0.1) is 0 Å². The number of amides is 2. The van der Waals surface area contributed by atoms with Crippen LogP contribution in [0.25, 0.3) is 0 Å². The summed E-state index contributed by atoms with van der Waals surface area (Å²) in [7, 11) is 0. The number of nitrogens with zero attached hydrogens (tertiary/aromatic N) is 2. The smallest absolute Gasteiger partial charge is 0.241 e. The molecule has 1 spiro atoms. The van der Waals surface area contributed by atoms with Gasteiger partial charge in [0.2, 0.25) is 11.8 Å². The van der Waals surface area contributed by atoms with Crippen LogP contribution in [0, 0.1) is 5.41 Å². The van der Waals surface area contributed by atoms with Crippen molar-refractivity contribution in [3.63, 3.8) is 0 Å². The fourth-order valence-electron chi connectivity index (χ4n) is 4.39. The van der Waals surface area contributed by atoms with Crippen LogP contribution in [0.5, 0.6) is 0 Å². The topological polar surface area (TPSA) is 52.7 Å². The van der Waals surface area contributed by atoms with Crippen molar-refractivity contribution < 1.29 is 9.59 Å². The molecule has 1 atom stereocenters. The number of piperidine rings is 1. The summed E-state index contributed by atoms with van der Waals surface area (Å²) < 4.78 is 0. The van der Waals surface area contributed by atoms with Crippen molar-refractivity contribution in [3.8, 4) is 0 Å². The van der Waals surface area contributed by atoms with Gasteiger partial charge in [-0.2, -0.15) is 0 Å². The van der Waals surface area contributed by atoms with Crippen molar-refractivity contribution in [2.75, 3.05) is 26.2 Å². The Morgan fingerprint density at radius 3 is 2.40 bits per heavy atom. The van der Waals surface area contributed by atoms with Crippen LogP contribution in [0.2, 0.25) is 0 Å². The molecule has 2 aliphatic rings. The average Bonchev–Trinajstić information content (AvgIpc) is 2.58. The Bertz CT molecular complexity index is 621. The molecule has 0 radical (unpaired) electrons. The highest BCUT2D eigenvalue weighted by Gasteiger charge is 2.54. The molecule has 5 nitrogen and oxygen atoms in total. The van der Waals surface area contributed by atoms with E-state index in [4.69, 9.17) is 0 Å². The summed E-state index contributed by atoms with van der Waals surface area (Å²) in [5.41, 5.74) is 1.66. The number of hydrogen-bond donors (Lipinski definition) is 1. The SMILES string of the molecule is CC(=O)NCC(=O)N1CCC2(CC1)CN(C(C)C)C2c1ccccc1. The second-order valence-corrected chi connectivity index (χ2v) is 7.73. The third-order valence-electron chi connectivity index (χ3n) is 5.79. The van der Waals surface area contributed by atoms with E-state index in [1.165, 1.54) is 12.5 Å². The van der Waals surface area contributed by atoms with E-state index < -0.39 is 0 Å². The molecule has 5 heteroatoms. The average molecular weight is 343 g/mol. The second kappa shape index (κ2) is 7.16. The molecule has 0 aromatic heterocycles. The minimum Gasteiger partial charge on any atom is -0.347 e. The van der Waals surface area contributed by atoms with Crippen LogP contribution in [-0.2, 0) is 9.59 Å². The summed E-state index contributed by atoms with van der Waals surface area (Å²) in [5.74, 6) is -0.126. The van der Waals surface area contributed by atoms with Gasteiger partial charge in [0.05, 0.1) is 6.54 Å². The maximum atomic E-state index is 12.2. The van der Waals surface area contributed by atoms with Gasteiger partial charge in [-0.1, -0.05) is 30.3 Å². The lowest BCUT2D eigenvalue weighted by Gasteiger charge is -2.62. The maximum Gasteiger partial charge on any atom is 0.241 e. The molecule has 1 unspecified atom stereocenters. The van der Waals surface area contributed by atoms with Crippen LogP contribution in [0.3, 0.4) is 0 Å². The monoisotopic (exact) mass is 343 g/mol. The molecule has 25 heavy (non-hydrogen) atoms. The maximum absolute atomic E-state index is 12.2. The van der Waals surface area contributed by atoms with E-state index in [-0.39, 0.29) is 23.8 Å². The first kappa shape index (κ1) is 17.9. The van der Waals surface area contributed by atoms with Gasteiger partial charge in [-0.3, -0.25) is 14.5 Å². The van der Waals surface area contributed by atoms with E-state index in [2.05, 4.69) is 54.4 Å². The summed E-state index contributed by atoms with van der Waals surface area (Å²) in [6, 6.07) is 11.7. The molecule has 136 valence electrons. The molecule has 2 fully saturated rings. The number of benzene rings is 1. The standard InChI is InChI=1S/C20H29N3O2/c1-15(2)23-14-20(19(23)17-7-5-4-6-8-17)9-11-22(12-10-20)18(25)13-21-16(3)24/h4-8,15,19H,9-14H2,1-3H3,(H,21,24). The summed E-state index contributed by atoms with van der Waals surface area (Å²) in [4.78, 5) is 27.7. The highest BCUT2D eigenvalue weighted by Crippen LogP contribution is 2.55. The van der Waals surface area contributed by atoms with E-state index in [1.54, 1.807) is 0 Å². The third-order valence-corrected chi connectivity index (χ3v) is 5.79. The van der Waals surface area contributed by atoms with Gasteiger partial charge < -0.3 is 10.2 Å². The minimum atomic E-state index is -0.155. The quantitative estimate of drug-likeness (QED) is 0.912. The van der Waals surface area contributed by atoms with E-state index in [0.717, 1.165) is 32.5 Å². The highest BCUT2D eigenvalue weighted by atomic mass is 16.2. The molecule has 1 N–H and O–H groups in total. The molecule has 1 aromatic carbocycles. The fraction of sp³-hybridized carbons (Fsp3) is 0.600. The van der Waals surface area contributed by atoms with Crippen molar-refractivity contribution in [3.05, 3.63) is 35.9 Å². The molecular formula is C20H29N3O2. The number of hydrogen-bond acceptors (Lipinski definition) is 3. The fourth-order valence-corrected chi connectivity index (χ4v) is 4.39. The summed E-state index contributed by atoms with van der Waals surface area (Å²) in [6.45, 7) is 8.75. The molecule has 0 aliphatic carbocycles. The Hall–Kier alpha value is -1.88. The van der Waals surface area contributed by atoms with E-state index in [1.807, 2.05) is 4.90 Å². The van der Waals surface area contributed by atoms with Crippen molar-refractivity contribution in [1.82, 2.24) is 15.1 Å². The highest BCUT2D eigenvalue weighted by molar-refractivity contribution is 5.83. The zero-order valence-electron chi connectivity index (χ0n) is 15.5. The van der Waals surface area contributed by atoms with Crippen LogP contribution < -0.4 is 5.32 Å². The number of carbonyl (C=O) groups excluding carboxylic acids is 2. The van der Waals surface area contributed by atoms with Crippen LogP contribution in [0.1, 0.15) is 45.2 Å². The van der Waals surface area contributed by atoms with Gasteiger partial charge in [0, 0.05) is 44.1 Å². The molecule has 2 saturated heterocycles. The van der Waals surface area contributed by atoms with Gasteiger partial charge in [-0.25, -0.2) is 0 Å². The molecule has 1 aromatic rings. The predicted octanol–water partition coefficient (Wildman–Crippen LogP) is 2.20. The zero-order chi connectivity index (χ0) is 18.0. The molecule has 3 rings (SSSR count). The molecule has 0 saturated carbocycles. The first-order chi connectivity index (χ1) is 11.9. The summed E-state index contributed by atoms with van der Waals surface area (Å²) >= 11 is 0. The zero-order valence-corrected chi connectivity index (χ0v) is 15.5. The third kappa shape index (κ3) is 3.56.